The Bertz CT molecular complexity index is 1250. The van der Waals surface area contributed by atoms with Crippen molar-refractivity contribution in [3.05, 3.63) is 94.0 Å². The number of rotatable bonds is 10. The van der Waals surface area contributed by atoms with Crippen molar-refractivity contribution in [3.8, 4) is 0 Å². The van der Waals surface area contributed by atoms with Crippen LogP contribution in [0.4, 0.5) is 0 Å². The van der Waals surface area contributed by atoms with Crippen LogP contribution in [-0.2, 0) is 21.0 Å². The summed E-state index contributed by atoms with van der Waals surface area (Å²) in [5, 5.41) is 14.0. The van der Waals surface area contributed by atoms with E-state index in [4.69, 9.17) is 16.3 Å². The molecular weight excluding hydrogens is 509 g/mol. The largest absolute Gasteiger partial charge is 0.462 e. The number of carbonyl (C=O) groups excluding carboxylic acids is 1. The number of hydrogen-bond donors (Lipinski definition) is 2. The number of aryl methyl sites for hydroxylation is 1. The molecule has 0 heterocycles. The molecule has 0 saturated heterocycles. The molecule has 0 bridgehead atoms. The van der Waals surface area contributed by atoms with Gasteiger partial charge in [-0.25, -0.2) is 13.2 Å². The van der Waals surface area contributed by atoms with E-state index in [0.29, 0.717) is 35.7 Å². The molecule has 188 valence electrons. The lowest BCUT2D eigenvalue weighted by molar-refractivity contribution is 0.0525. The molecule has 0 aromatic heterocycles. The molecule has 0 spiro atoms. The predicted molar refractivity (Wildman–Crippen MR) is 139 cm³/mol. The van der Waals surface area contributed by atoms with Gasteiger partial charge < -0.3 is 15.2 Å². The van der Waals surface area contributed by atoms with Crippen LogP contribution in [0.3, 0.4) is 0 Å². The second-order valence-corrected chi connectivity index (χ2v) is 10.3. The molecule has 9 heteroatoms. The summed E-state index contributed by atoms with van der Waals surface area (Å²) >= 11 is 5.96. The average Bonchev–Trinajstić information content (AvgIpc) is 2.82. The van der Waals surface area contributed by atoms with Crippen molar-refractivity contribution in [2.24, 2.45) is 0 Å². The van der Waals surface area contributed by atoms with Gasteiger partial charge in [0.15, 0.2) is 0 Å². The maximum Gasteiger partial charge on any atom is 0.338 e. The average molecular weight is 538 g/mol. The molecule has 2 N–H and O–H groups in total. The Balaban J connectivity index is 0.00000432. The van der Waals surface area contributed by atoms with E-state index in [0.717, 1.165) is 11.1 Å². The standard InChI is InChI=1S/C26H28ClNO5S.ClH/c1-3-33-26(30)24-12-11-23(15-18(24)2)34(31,32)22-9-7-19(8-10-22)13-14-28-17-25(29)20-5-4-6-21(27)16-20;/h4-12,15-16,25,28-29H,3,13-14,17H2,1-2H3;1H/t25-;/m0./s1. The van der Waals surface area contributed by atoms with Crippen molar-refractivity contribution in [2.75, 3.05) is 19.7 Å². The fourth-order valence-electron chi connectivity index (χ4n) is 3.52. The highest BCUT2D eigenvalue weighted by Gasteiger charge is 2.20. The number of hydrogen-bond acceptors (Lipinski definition) is 6. The van der Waals surface area contributed by atoms with E-state index in [-0.39, 0.29) is 28.8 Å². The van der Waals surface area contributed by atoms with E-state index in [1.807, 2.05) is 6.07 Å². The third-order valence-corrected chi connectivity index (χ3v) is 7.40. The summed E-state index contributed by atoms with van der Waals surface area (Å²) < 4.78 is 31.1. The van der Waals surface area contributed by atoms with Crippen LogP contribution in [0.2, 0.25) is 5.02 Å². The zero-order chi connectivity index (χ0) is 24.7. The van der Waals surface area contributed by atoms with Crippen LogP contribution in [0.15, 0.2) is 76.5 Å². The molecule has 1 atom stereocenters. The summed E-state index contributed by atoms with van der Waals surface area (Å²) in [5.41, 5.74) is 2.61. The highest BCUT2D eigenvalue weighted by Crippen LogP contribution is 2.24. The highest BCUT2D eigenvalue weighted by atomic mass is 35.5. The van der Waals surface area contributed by atoms with E-state index < -0.39 is 21.9 Å². The number of nitrogens with one attached hydrogen (secondary N) is 1. The number of ether oxygens (including phenoxy) is 1. The summed E-state index contributed by atoms with van der Waals surface area (Å²) in [6.45, 7) is 4.66. The van der Waals surface area contributed by atoms with Gasteiger partial charge in [-0.2, -0.15) is 0 Å². The smallest absolute Gasteiger partial charge is 0.338 e. The van der Waals surface area contributed by atoms with E-state index in [2.05, 4.69) is 5.32 Å². The third-order valence-electron chi connectivity index (χ3n) is 5.40. The normalized spacial score (nSPS) is 12.0. The Morgan fingerprint density at radius 3 is 2.37 bits per heavy atom. The van der Waals surface area contributed by atoms with Crippen molar-refractivity contribution in [1.82, 2.24) is 5.32 Å². The molecule has 0 saturated carbocycles. The first-order valence-corrected chi connectivity index (χ1v) is 12.8. The number of aliphatic hydroxyl groups excluding tert-OH is 1. The predicted octanol–water partition coefficient (Wildman–Crippen LogP) is 4.95. The molecule has 3 aromatic rings. The summed E-state index contributed by atoms with van der Waals surface area (Å²) in [4.78, 5) is 12.3. The van der Waals surface area contributed by atoms with E-state index in [9.17, 15) is 18.3 Å². The lowest BCUT2D eigenvalue weighted by Gasteiger charge is -2.13. The molecule has 35 heavy (non-hydrogen) atoms. The number of aliphatic hydroxyl groups is 1. The molecular formula is C26H29Cl2NO5S. The van der Waals surface area contributed by atoms with E-state index in [1.54, 1.807) is 56.3 Å². The molecule has 6 nitrogen and oxygen atoms in total. The molecule has 0 aliphatic rings. The van der Waals surface area contributed by atoms with Gasteiger partial charge in [0.25, 0.3) is 0 Å². The lowest BCUT2D eigenvalue weighted by Crippen LogP contribution is -2.23. The first-order chi connectivity index (χ1) is 16.2. The van der Waals surface area contributed by atoms with Crippen molar-refractivity contribution in [1.29, 1.82) is 0 Å². The second kappa shape index (κ2) is 13.0. The van der Waals surface area contributed by atoms with E-state index in [1.165, 1.54) is 18.2 Å². The van der Waals surface area contributed by atoms with Crippen molar-refractivity contribution < 1.29 is 23.1 Å². The van der Waals surface area contributed by atoms with Gasteiger partial charge in [0.1, 0.15) is 0 Å². The Morgan fingerprint density at radius 1 is 1.06 bits per heavy atom. The molecule has 0 fully saturated rings. The zero-order valence-corrected chi connectivity index (χ0v) is 21.9. The van der Waals surface area contributed by atoms with Crippen LogP contribution in [0.1, 0.15) is 40.1 Å². The van der Waals surface area contributed by atoms with Gasteiger partial charge >= 0.3 is 5.97 Å². The number of esters is 1. The van der Waals surface area contributed by atoms with Gasteiger partial charge in [-0.1, -0.05) is 35.9 Å². The molecule has 0 unspecified atom stereocenters. The van der Waals surface area contributed by atoms with Crippen LogP contribution in [-0.4, -0.2) is 39.2 Å². The minimum absolute atomic E-state index is 0. The Labute approximate surface area is 217 Å². The SMILES string of the molecule is CCOC(=O)c1ccc(S(=O)(=O)c2ccc(CCNC[C@H](O)c3cccc(Cl)c3)cc2)cc1C.Cl. The first kappa shape index (κ1) is 28.8. The summed E-state index contributed by atoms with van der Waals surface area (Å²) in [5.74, 6) is -0.470. The fourth-order valence-corrected chi connectivity index (χ4v) is 5.06. The Morgan fingerprint density at radius 2 is 1.74 bits per heavy atom. The lowest BCUT2D eigenvalue weighted by atomic mass is 10.1. The number of carbonyl (C=O) groups is 1. The molecule has 3 aromatic carbocycles. The van der Waals surface area contributed by atoms with Crippen LogP contribution < -0.4 is 5.32 Å². The molecule has 0 aliphatic carbocycles. The van der Waals surface area contributed by atoms with Gasteiger partial charge in [-0.3, -0.25) is 0 Å². The van der Waals surface area contributed by atoms with Crippen molar-refractivity contribution in [2.45, 2.75) is 36.2 Å². The first-order valence-electron chi connectivity index (χ1n) is 11.0. The Hall–Kier alpha value is -2.42. The maximum atomic E-state index is 13.0. The van der Waals surface area contributed by atoms with Crippen molar-refractivity contribution in [3.63, 3.8) is 0 Å². The molecule has 0 amide bonds. The molecule has 3 rings (SSSR count). The van der Waals surface area contributed by atoms with E-state index >= 15 is 0 Å². The van der Waals surface area contributed by atoms with Crippen LogP contribution in [0.25, 0.3) is 0 Å². The minimum atomic E-state index is -3.72. The quantitative estimate of drug-likeness (QED) is 0.281. The topological polar surface area (TPSA) is 92.7 Å². The number of sulfone groups is 1. The third kappa shape index (κ3) is 7.53. The van der Waals surface area contributed by atoms with Gasteiger partial charge in [-0.05, 0) is 86.0 Å². The van der Waals surface area contributed by atoms with Gasteiger partial charge in [-0.15, -0.1) is 12.4 Å². The summed E-state index contributed by atoms with van der Waals surface area (Å²) in [7, 11) is -3.72. The zero-order valence-electron chi connectivity index (χ0n) is 19.5. The van der Waals surface area contributed by atoms with Gasteiger partial charge in [0.05, 0.1) is 28.1 Å². The second-order valence-electron chi connectivity index (χ2n) is 7.87. The monoisotopic (exact) mass is 537 g/mol. The Kier molecular flexibility index (Phi) is 10.7. The minimum Gasteiger partial charge on any atom is -0.462 e. The molecule has 0 radical (unpaired) electrons. The van der Waals surface area contributed by atoms with Crippen LogP contribution in [0.5, 0.6) is 0 Å². The summed E-state index contributed by atoms with van der Waals surface area (Å²) in [6, 6.07) is 18.2. The number of halogens is 2. The fraction of sp³-hybridized carbons (Fsp3) is 0.269. The van der Waals surface area contributed by atoms with Crippen molar-refractivity contribution >= 4 is 39.8 Å². The van der Waals surface area contributed by atoms with Gasteiger partial charge in [0, 0.05) is 11.6 Å². The number of benzene rings is 3. The van der Waals surface area contributed by atoms with Gasteiger partial charge in [0.2, 0.25) is 9.84 Å². The maximum absolute atomic E-state index is 13.0. The molecule has 0 aliphatic heterocycles. The van der Waals surface area contributed by atoms with Crippen LogP contribution in [0, 0.1) is 6.92 Å². The summed E-state index contributed by atoms with van der Waals surface area (Å²) in [6.07, 6.45) is 0.0144. The highest BCUT2D eigenvalue weighted by molar-refractivity contribution is 7.91. The van der Waals surface area contributed by atoms with Crippen LogP contribution >= 0.6 is 24.0 Å².